The third-order valence-electron chi connectivity index (χ3n) is 4.12. The number of halogens is 2. The Morgan fingerprint density at radius 1 is 1.33 bits per heavy atom. The van der Waals surface area contributed by atoms with E-state index < -0.39 is 0 Å². The molecular formula is C19H17BrClN3O3. The summed E-state index contributed by atoms with van der Waals surface area (Å²) < 4.78 is 7.48. The highest BCUT2D eigenvalue weighted by atomic mass is 79.9. The normalized spacial score (nSPS) is 10.8. The first-order valence-electron chi connectivity index (χ1n) is 8.17. The molecule has 140 valence electrons. The summed E-state index contributed by atoms with van der Waals surface area (Å²) in [5.41, 5.74) is 1.80. The van der Waals surface area contributed by atoms with E-state index in [1.165, 1.54) is 18.0 Å². The van der Waals surface area contributed by atoms with Crippen molar-refractivity contribution in [3.05, 3.63) is 62.1 Å². The summed E-state index contributed by atoms with van der Waals surface area (Å²) in [6.07, 6.45) is 1.57. The summed E-state index contributed by atoms with van der Waals surface area (Å²) in [6, 6.07) is 8.73. The average Bonchev–Trinajstić information content (AvgIpc) is 2.64. The molecule has 27 heavy (non-hydrogen) atoms. The number of ether oxygens (including phenoxy) is 1. The van der Waals surface area contributed by atoms with Gasteiger partial charge < -0.3 is 10.1 Å². The zero-order valence-corrected chi connectivity index (χ0v) is 17.1. The van der Waals surface area contributed by atoms with Crippen molar-refractivity contribution in [2.45, 2.75) is 19.9 Å². The molecule has 0 aliphatic heterocycles. The van der Waals surface area contributed by atoms with E-state index in [1.54, 1.807) is 24.3 Å². The van der Waals surface area contributed by atoms with Crippen LogP contribution in [0.25, 0.3) is 10.9 Å². The van der Waals surface area contributed by atoms with E-state index in [0.717, 1.165) is 10.0 Å². The number of carbonyl (C=O) groups excluding carboxylic acids is 1. The van der Waals surface area contributed by atoms with Crippen molar-refractivity contribution in [2.75, 3.05) is 12.4 Å². The Hall–Kier alpha value is -2.38. The van der Waals surface area contributed by atoms with Gasteiger partial charge in [0.1, 0.15) is 5.75 Å². The van der Waals surface area contributed by atoms with Crippen molar-refractivity contribution in [3.8, 4) is 5.75 Å². The van der Waals surface area contributed by atoms with Crippen LogP contribution in [0.5, 0.6) is 5.75 Å². The maximum Gasteiger partial charge on any atom is 0.261 e. The smallest absolute Gasteiger partial charge is 0.261 e. The predicted molar refractivity (Wildman–Crippen MR) is 110 cm³/mol. The van der Waals surface area contributed by atoms with Crippen molar-refractivity contribution in [3.63, 3.8) is 0 Å². The summed E-state index contributed by atoms with van der Waals surface area (Å²) in [5, 5.41) is 3.86. The van der Waals surface area contributed by atoms with Crippen molar-refractivity contribution < 1.29 is 9.53 Å². The number of amides is 1. The minimum absolute atomic E-state index is 0.117. The largest absolute Gasteiger partial charge is 0.495 e. The van der Waals surface area contributed by atoms with Gasteiger partial charge in [0.2, 0.25) is 5.91 Å². The highest BCUT2D eigenvalue weighted by Crippen LogP contribution is 2.31. The number of hydrogen-bond acceptors (Lipinski definition) is 4. The second kappa shape index (κ2) is 8.10. The van der Waals surface area contributed by atoms with Crippen LogP contribution < -0.4 is 15.6 Å². The summed E-state index contributed by atoms with van der Waals surface area (Å²) in [5.74, 6) is 0.240. The maximum atomic E-state index is 12.6. The van der Waals surface area contributed by atoms with E-state index in [9.17, 15) is 9.59 Å². The molecule has 2 aromatic carbocycles. The van der Waals surface area contributed by atoms with E-state index in [0.29, 0.717) is 27.4 Å². The third kappa shape index (κ3) is 4.31. The van der Waals surface area contributed by atoms with Gasteiger partial charge in [-0.05, 0) is 36.8 Å². The summed E-state index contributed by atoms with van der Waals surface area (Å²) in [6.45, 7) is 2.06. The van der Waals surface area contributed by atoms with Crippen LogP contribution in [0.1, 0.15) is 12.0 Å². The third-order valence-corrected chi connectivity index (χ3v) is 5.02. The van der Waals surface area contributed by atoms with Gasteiger partial charge in [-0.15, -0.1) is 0 Å². The second-order valence-corrected chi connectivity index (χ2v) is 7.33. The number of fused-ring (bicyclic) bond motifs is 1. The van der Waals surface area contributed by atoms with E-state index in [2.05, 4.69) is 26.2 Å². The minimum Gasteiger partial charge on any atom is -0.495 e. The first-order chi connectivity index (χ1) is 12.9. The predicted octanol–water partition coefficient (Wildman–Crippen LogP) is 4.16. The number of nitrogens with zero attached hydrogens (tertiary/aromatic N) is 2. The Balaban J connectivity index is 1.75. The molecule has 0 bridgehead atoms. The lowest BCUT2D eigenvalue weighted by Crippen LogP contribution is -2.23. The van der Waals surface area contributed by atoms with Crippen molar-refractivity contribution >= 4 is 50.0 Å². The molecular weight excluding hydrogens is 434 g/mol. The molecule has 0 saturated heterocycles. The Labute approximate surface area is 169 Å². The standard InChI is InChI=1S/C19H17BrClN3O3/c1-11-7-16(17(27-2)9-14(11)21)23-18(25)5-6-24-10-22-15-4-3-12(20)8-13(15)19(24)26/h3-4,7-10H,5-6H2,1-2H3,(H,23,25). The van der Waals surface area contributed by atoms with Gasteiger partial charge >= 0.3 is 0 Å². The average molecular weight is 451 g/mol. The van der Waals surface area contributed by atoms with Crippen LogP contribution in [-0.4, -0.2) is 22.6 Å². The molecule has 3 aromatic rings. The van der Waals surface area contributed by atoms with E-state index in [-0.39, 0.29) is 24.4 Å². The van der Waals surface area contributed by atoms with Gasteiger partial charge in [0, 0.05) is 28.5 Å². The lowest BCUT2D eigenvalue weighted by molar-refractivity contribution is -0.116. The van der Waals surface area contributed by atoms with Crippen molar-refractivity contribution in [1.82, 2.24) is 9.55 Å². The summed E-state index contributed by atoms with van der Waals surface area (Å²) >= 11 is 9.43. The molecule has 1 aromatic heterocycles. The Morgan fingerprint density at radius 3 is 2.85 bits per heavy atom. The van der Waals surface area contributed by atoms with Crippen LogP contribution in [0.15, 0.2) is 45.9 Å². The molecule has 0 fully saturated rings. The number of anilines is 1. The number of hydrogen-bond donors (Lipinski definition) is 1. The highest BCUT2D eigenvalue weighted by molar-refractivity contribution is 9.10. The minimum atomic E-state index is -0.240. The molecule has 0 unspecified atom stereocenters. The van der Waals surface area contributed by atoms with Gasteiger partial charge in [-0.1, -0.05) is 27.5 Å². The monoisotopic (exact) mass is 449 g/mol. The summed E-state index contributed by atoms with van der Waals surface area (Å²) in [4.78, 5) is 29.2. The Kier molecular flexibility index (Phi) is 5.82. The fourth-order valence-electron chi connectivity index (χ4n) is 2.65. The van der Waals surface area contributed by atoms with Gasteiger partial charge in [0.25, 0.3) is 5.56 Å². The molecule has 0 saturated carbocycles. The Morgan fingerprint density at radius 2 is 2.11 bits per heavy atom. The maximum absolute atomic E-state index is 12.6. The number of nitrogens with one attached hydrogen (secondary N) is 1. The first-order valence-corrected chi connectivity index (χ1v) is 9.35. The van der Waals surface area contributed by atoms with Crippen LogP contribution in [0, 0.1) is 6.92 Å². The molecule has 0 atom stereocenters. The number of aryl methyl sites for hydroxylation is 2. The SMILES string of the molecule is COc1cc(Cl)c(C)cc1NC(=O)CCn1cnc2ccc(Br)cc2c1=O. The quantitative estimate of drug-likeness (QED) is 0.633. The van der Waals surface area contributed by atoms with Gasteiger partial charge in [0.05, 0.1) is 30.0 Å². The van der Waals surface area contributed by atoms with Crippen molar-refractivity contribution in [1.29, 1.82) is 0 Å². The van der Waals surface area contributed by atoms with Gasteiger partial charge in [0.15, 0.2) is 0 Å². The molecule has 0 spiro atoms. The molecule has 0 aliphatic rings. The summed E-state index contributed by atoms with van der Waals surface area (Å²) in [7, 11) is 1.51. The van der Waals surface area contributed by atoms with Crippen LogP contribution in [-0.2, 0) is 11.3 Å². The molecule has 1 heterocycles. The number of aromatic nitrogens is 2. The van der Waals surface area contributed by atoms with Gasteiger partial charge in [-0.25, -0.2) is 4.98 Å². The fraction of sp³-hybridized carbons (Fsp3) is 0.211. The molecule has 6 nitrogen and oxygen atoms in total. The van der Waals surface area contributed by atoms with E-state index >= 15 is 0 Å². The van der Waals surface area contributed by atoms with E-state index in [1.807, 2.05) is 13.0 Å². The number of benzene rings is 2. The second-order valence-electron chi connectivity index (χ2n) is 6.00. The molecule has 3 rings (SSSR count). The molecule has 1 N–H and O–H groups in total. The molecule has 1 amide bonds. The molecule has 8 heteroatoms. The van der Waals surface area contributed by atoms with Gasteiger partial charge in [-0.2, -0.15) is 0 Å². The van der Waals surface area contributed by atoms with Crippen LogP contribution in [0.4, 0.5) is 5.69 Å². The molecule has 0 radical (unpaired) electrons. The van der Waals surface area contributed by atoms with Crippen LogP contribution >= 0.6 is 27.5 Å². The zero-order valence-electron chi connectivity index (χ0n) is 14.8. The number of rotatable bonds is 5. The lowest BCUT2D eigenvalue weighted by atomic mass is 10.2. The zero-order chi connectivity index (χ0) is 19.6. The molecule has 0 aliphatic carbocycles. The fourth-order valence-corrected chi connectivity index (χ4v) is 3.17. The van der Waals surface area contributed by atoms with Crippen LogP contribution in [0.3, 0.4) is 0 Å². The van der Waals surface area contributed by atoms with Crippen molar-refractivity contribution in [2.24, 2.45) is 0 Å². The number of carbonyl (C=O) groups is 1. The van der Waals surface area contributed by atoms with Gasteiger partial charge in [-0.3, -0.25) is 14.2 Å². The lowest BCUT2D eigenvalue weighted by Gasteiger charge is -2.12. The highest BCUT2D eigenvalue weighted by Gasteiger charge is 2.12. The Bertz CT molecular complexity index is 1080. The topological polar surface area (TPSA) is 73.2 Å². The number of methoxy groups -OCH3 is 1. The first kappa shape index (κ1) is 19.4. The van der Waals surface area contributed by atoms with Crippen LogP contribution in [0.2, 0.25) is 5.02 Å². The van der Waals surface area contributed by atoms with E-state index in [4.69, 9.17) is 16.3 Å².